The van der Waals surface area contributed by atoms with Gasteiger partial charge < -0.3 is 9.46 Å². The van der Waals surface area contributed by atoms with Crippen LogP contribution in [0.4, 0.5) is 11.5 Å². The summed E-state index contributed by atoms with van der Waals surface area (Å²) >= 11 is 1.33. The molecule has 0 saturated carbocycles. The minimum absolute atomic E-state index is 0.0759. The Hall–Kier alpha value is -2.28. The summed E-state index contributed by atoms with van der Waals surface area (Å²) in [7, 11) is 1.58. The van der Waals surface area contributed by atoms with Crippen molar-refractivity contribution in [2.75, 3.05) is 11.8 Å². The SMILES string of the molecule is COc1ccc(NSc2ccc([N+](=O)[O-])cc2)nc1. The Balaban J connectivity index is 1.95. The molecule has 1 heterocycles. The Labute approximate surface area is 114 Å². The molecule has 0 radical (unpaired) electrons. The van der Waals surface area contributed by atoms with Gasteiger partial charge in [-0.2, -0.15) is 0 Å². The maximum atomic E-state index is 10.5. The number of ether oxygens (including phenoxy) is 1. The molecule has 2 rings (SSSR count). The first-order chi connectivity index (χ1) is 9.19. The molecule has 0 aliphatic heterocycles. The fraction of sp³-hybridized carbons (Fsp3) is 0.0833. The normalized spacial score (nSPS) is 9.95. The smallest absolute Gasteiger partial charge is 0.269 e. The second-order valence-electron chi connectivity index (χ2n) is 3.54. The molecule has 0 atom stereocenters. The van der Waals surface area contributed by atoms with Crippen molar-refractivity contribution in [1.29, 1.82) is 0 Å². The van der Waals surface area contributed by atoms with Gasteiger partial charge in [-0.25, -0.2) is 4.98 Å². The third kappa shape index (κ3) is 3.59. The van der Waals surface area contributed by atoms with Gasteiger partial charge in [0.2, 0.25) is 0 Å². The summed E-state index contributed by atoms with van der Waals surface area (Å²) < 4.78 is 8.05. The van der Waals surface area contributed by atoms with Gasteiger partial charge in [0.1, 0.15) is 11.6 Å². The maximum Gasteiger partial charge on any atom is 0.269 e. The number of pyridine rings is 1. The van der Waals surface area contributed by atoms with E-state index in [9.17, 15) is 10.1 Å². The number of rotatable bonds is 5. The third-order valence-corrected chi connectivity index (χ3v) is 3.11. The fourth-order valence-corrected chi connectivity index (χ4v) is 1.92. The lowest BCUT2D eigenvalue weighted by Crippen LogP contribution is -1.92. The summed E-state index contributed by atoms with van der Waals surface area (Å²) in [4.78, 5) is 15.1. The lowest BCUT2D eigenvalue weighted by atomic mass is 10.3. The van der Waals surface area contributed by atoms with Gasteiger partial charge in [-0.3, -0.25) is 10.1 Å². The molecule has 19 heavy (non-hydrogen) atoms. The summed E-state index contributed by atoms with van der Waals surface area (Å²) in [6, 6.07) is 9.87. The van der Waals surface area contributed by atoms with Gasteiger partial charge in [-0.15, -0.1) is 0 Å². The van der Waals surface area contributed by atoms with Crippen LogP contribution < -0.4 is 9.46 Å². The van der Waals surface area contributed by atoms with E-state index >= 15 is 0 Å². The minimum atomic E-state index is -0.424. The number of aromatic nitrogens is 1. The van der Waals surface area contributed by atoms with Crippen LogP contribution in [0.3, 0.4) is 0 Å². The Bertz CT molecular complexity index is 557. The van der Waals surface area contributed by atoms with Gasteiger partial charge in [0.25, 0.3) is 5.69 Å². The van der Waals surface area contributed by atoms with E-state index in [4.69, 9.17) is 4.74 Å². The van der Waals surface area contributed by atoms with E-state index in [0.717, 1.165) is 4.90 Å². The predicted octanol–water partition coefficient (Wildman–Crippen LogP) is 3.12. The van der Waals surface area contributed by atoms with E-state index in [1.54, 1.807) is 37.6 Å². The highest BCUT2D eigenvalue weighted by Crippen LogP contribution is 2.23. The zero-order valence-corrected chi connectivity index (χ0v) is 10.9. The van der Waals surface area contributed by atoms with Crippen LogP contribution in [-0.4, -0.2) is 17.0 Å². The van der Waals surface area contributed by atoms with Crippen LogP contribution >= 0.6 is 11.9 Å². The van der Waals surface area contributed by atoms with Crippen molar-refractivity contribution in [2.45, 2.75) is 4.90 Å². The summed E-state index contributed by atoms with van der Waals surface area (Å²) in [6.07, 6.45) is 1.61. The molecule has 0 unspecified atom stereocenters. The molecule has 1 N–H and O–H groups in total. The van der Waals surface area contributed by atoms with E-state index in [1.807, 2.05) is 0 Å². The van der Waals surface area contributed by atoms with Crippen LogP contribution in [0, 0.1) is 10.1 Å². The lowest BCUT2D eigenvalue weighted by molar-refractivity contribution is -0.384. The maximum absolute atomic E-state index is 10.5. The molecule has 98 valence electrons. The molecule has 0 aliphatic carbocycles. The second kappa shape index (κ2) is 6.05. The number of non-ortho nitro benzene ring substituents is 1. The zero-order valence-electron chi connectivity index (χ0n) is 10.1. The molecule has 1 aromatic heterocycles. The molecule has 0 bridgehead atoms. The van der Waals surface area contributed by atoms with Crippen molar-refractivity contribution in [3.63, 3.8) is 0 Å². The predicted molar refractivity (Wildman–Crippen MR) is 73.4 cm³/mol. The molecular formula is C12H11N3O3S. The Kier molecular flexibility index (Phi) is 4.19. The Morgan fingerprint density at radius 1 is 1.26 bits per heavy atom. The second-order valence-corrected chi connectivity index (χ2v) is 4.42. The van der Waals surface area contributed by atoms with Crippen LogP contribution in [0.15, 0.2) is 47.5 Å². The number of hydrogen-bond donors (Lipinski definition) is 1. The van der Waals surface area contributed by atoms with Crippen molar-refractivity contribution in [2.24, 2.45) is 0 Å². The number of methoxy groups -OCH3 is 1. The molecule has 0 amide bonds. The van der Waals surface area contributed by atoms with Crippen molar-refractivity contribution < 1.29 is 9.66 Å². The van der Waals surface area contributed by atoms with Gasteiger partial charge in [0.15, 0.2) is 0 Å². The quantitative estimate of drug-likeness (QED) is 0.514. The Morgan fingerprint density at radius 3 is 2.53 bits per heavy atom. The van der Waals surface area contributed by atoms with Crippen LogP contribution in [0.1, 0.15) is 0 Å². The zero-order chi connectivity index (χ0) is 13.7. The molecule has 0 saturated heterocycles. The highest BCUT2D eigenvalue weighted by atomic mass is 32.2. The highest BCUT2D eigenvalue weighted by molar-refractivity contribution is 8.00. The third-order valence-electron chi connectivity index (χ3n) is 2.29. The molecule has 1 aromatic carbocycles. The lowest BCUT2D eigenvalue weighted by Gasteiger charge is -2.05. The summed E-state index contributed by atoms with van der Waals surface area (Å²) in [5.41, 5.74) is 0.0759. The van der Waals surface area contributed by atoms with E-state index in [0.29, 0.717) is 11.6 Å². The number of anilines is 1. The first-order valence-electron chi connectivity index (χ1n) is 5.36. The average molecular weight is 277 g/mol. The van der Waals surface area contributed by atoms with Gasteiger partial charge >= 0.3 is 0 Å². The van der Waals surface area contributed by atoms with E-state index in [2.05, 4.69) is 9.71 Å². The van der Waals surface area contributed by atoms with E-state index < -0.39 is 4.92 Å². The standard InChI is InChI=1S/C12H11N3O3S/c1-18-10-4-7-12(13-8-10)14-19-11-5-2-9(3-6-11)15(16)17/h2-8H,1H3,(H,13,14). The summed E-state index contributed by atoms with van der Waals surface area (Å²) in [5, 5.41) is 10.5. The van der Waals surface area contributed by atoms with Crippen LogP contribution in [0.25, 0.3) is 0 Å². The Morgan fingerprint density at radius 2 is 2.00 bits per heavy atom. The first-order valence-corrected chi connectivity index (χ1v) is 6.18. The van der Waals surface area contributed by atoms with Gasteiger partial charge in [-0.1, -0.05) is 0 Å². The fourth-order valence-electron chi connectivity index (χ4n) is 1.31. The van der Waals surface area contributed by atoms with Gasteiger partial charge in [0, 0.05) is 17.0 Å². The molecule has 0 aliphatic rings. The minimum Gasteiger partial charge on any atom is -0.495 e. The number of nitrogens with zero attached hydrogens (tertiary/aromatic N) is 2. The molecule has 0 fully saturated rings. The van der Waals surface area contributed by atoms with Crippen LogP contribution in [0.2, 0.25) is 0 Å². The summed E-state index contributed by atoms with van der Waals surface area (Å²) in [5.74, 6) is 1.37. The molecule has 0 spiro atoms. The average Bonchev–Trinajstić information content (AvgIpc) is 2.46. The van der Waals surface area contributed by atoms with Crippen molar-refractivity contribution in [3.05, 3.63) is 52.7 Å². The number of nitro benzene ring substituents is 1. The van der Waals surface area contributed by atoms with Crippen molar-refractivity contribution in [1.82, 2.24) is 4.98 Å². The van der Waals surface area contributed by atoms with Crippen LogP contribution in [-0.2, 0) is 0 Å². The van der Waals surface area contributed by atoms with E-state index in [-0.39, 0.29) is 5.69 Å². The molecule has 6 nitrogen and oxygen atoms in total. The van der Waals surface area contributed by atoms with E-state index in [1.165, 1.54) is 24.1 Å². The highest BCUT2D eigenvalue weighted by Gasteiger charge is 2.04. The number of hydrogen-bond acceptors (Lipinski definition) is 6. The molecule has 7 heteroatoms. The topological polar surface area (TPSA) is 77.3 Å². The van der Waals surface area contributed by atoms with Gasteiger partial charge in [0.05, 0.1) is 18.2 Å². The van der Waals surface area contributed by atoms with Gasteiger partial charge in [-0.05, 0) is 36.2 Å². The summed E-state index contributed by atoms with van der Waals surface area (Å²) in [6.45, 7) is 0. The number of nitrogens with one attached hydrogen (secondary N) is 1. The first kappa shape index (κ1) is 13.2. The number of benzene rings is 1. The number of nitro groups is 1. The van der Waals surface area contributed by atoms with Crippen molar-refractivity contribution in [3.8, 4) is 5.75 Å². The van der Waals surface area contributed by atoms with Crippen LogP contribution in [0.5, 0.6) is 5.75 Å². The molecular weight excluding hydrogens is 266 g/mol. The van der Waals surface area contributed by atoms with Crippen molar-refractivity contribution >= 4 is 23.5 Å². The molecule has 2 aromatic rings. The largest absolute Gasteiger partial charge is 0.495 e. The monoisotopic (exact) mass is 277 g/mol.